The number of carbonyl (C=O) groups excluding carboxylic acids is 5. The van der Waals surface area contributed by atoms with Crippen LogP contribution in [-0.4, -0.2) is 72.7 Å². The van der Waals surface area contributed by atoms with Crippen LogP contribution in [0.2, 0.25) is 0 Å². The first-order valence-corrected chi connectivity index (χ1v) is 16.8. The number of aliphatic hydroxyl groups is 2. The largest absolute Gasteiger partial charge is 0.494 e. The summed E-state index contributed by atoms with van der Waals surface area (Å²) in [6.45, 7) is -0.343. The fraction of sp³-hybridized carbons (Fsp3) is 0.158. The van der Waals surface area contributed by atoms with E-state index in [4.69, 9.17) is 10.2 Å². The summed E-state index contributed by atoms with van der Waals surface area (Å²) in [5.41, 5.74) is -1.18. The lowest BCUT2D eigenvalue weighted by molar-refractivity contribution is -0.123. The summed E-state index contributed by atoms with van der Waals surface area (Å²) in [5, 5.41) is 36.0. The van der Waals surface area contributed by atoms with E-state index in [0.717, 1.165) is 9.47 Å². The SMILES string of the molecule is O=C(CCCO)Nc1cccc(N2C(=O)NC(=O)C(=CC=C(C=Cc3c(O)[nH]c(=O)n(-c4cccc(NC(=O)CCCO)c4)c3=O)c3ccncc3)C2=O)c1. The number of amides is 6. The summed E-state index contributed by atoms with van der Waals surface area (Å²) in [6, 6.07) is 13.9. The molecule has 6 amide bonds. The minimum absolute atomic E-state index is 0.0475. The molecule has 0 aliphatic carbocycles. The van der Waals surface area contributed by atoms with Crippen molar-refractivity contribution < 1.29 is 39.3 Å². The Morgan fingerprint density at radius 3 is 2.04 bits per heavy atom. The minimum atomic E-state index is -1.02. The molecule has 0 unspecified atom stereocenters. The number of benzene rings is 2. The van der Waals surface area contributed by atoms with Crippen LogP contribution in [0.5, 0.6) is 5.88 Å². The van der Waals surface area contributed by atoms with Gasteiger partial charge in [0.05, 0.1) is 11.4 Å². The molecule has 55 heavy (non-hydrogen) atoms. The normalized spacial score (nSPS) is 14.0. The molecule has 1 aliphatic rings. The molecule has 282 valence electrons. The Morgan fingerprint density at radius 2 is 1.42 bits per heavy atom. The van der Waals surface area contributed by atoms with E-state index in [1.165, 1.54) is 73.1 Å². The van der Waals surface area contributed by atoms with E-state index >= 15 is 0 Å². The van der Waals surface area contributed by atoms with Crippen LogP contribution >= 0.6 is 0 Å². The molecule has 0 saturated carbocycles. The van der Waals surface area contributed by atoms with Gasteiger partial charge in [-0.3, -0.25) is 39.3 Å². The number of H-pyrrole nitrogens is 1. The number of nitrogens with one attached hydrogen (secondary N) is 4. The van der Waals surface area contributed by atoms with Crippen molar-refractivity contribution in [3.05, 3.63) is 129 Å². The Kier molecular flexibility index (Phi) is 12.8. The maximum Gasteiger partial charge on any atom is 0.335 e. The predicted octanol–water partition coefficient (Wildman–Crippen LogP) is 2.35. The molecule has 1 saturated heterocycles. The second-order valence-corrected chi connectivity index (χ2v) is 11.9. The minimum Gasteiger partial charge on any atom is -0.494 e. The van der Waals surface area contributed by atoms with Crippen molar-refractivity contribution in [1.29, 1.82) is 0 Å². The highest BCUT2D eigenvalue weighted by Crippen LogP contribution is 2.25. The van der Waals surface area contributed by atoms with E-state index in [9.17, 15) is 38.7 Å². The van der Waals surface area contributed by atoms with E-state index in [1.54, 1.807) is 24.3 Å². The number of hydrogen-bond donors (Lipinski definition) is 7. The summed E-state index contributed by atoms with van der Waals surface area (Å²) in [7, 11) is 0. The first kappa shape index (κ1) is 39.0. The number of nitrogens with zero attached hydrogens (tertiary/aromatic N) is 3. The molecule has 17 heteroatoms. The monoisotopic (exact) mass is 749 g/mol. The van der Waals surface area contributed by atoms with E-state index in [0.29, 0.717) is 11.1 Å². The van der Waals surface area contributed by atoms with Gasteiger partial charge in [-0.25, -0.2) is 19.1 Å². The van der Waals surface area contributed by atoms with Crippen molar-refractivity contribution in [2.45, 2.75) is 25.7 Å². The Balaban J connectivity index is 1.49. The summed E-state index contributed by atoms with van der Waals surface area (Å²) in [4.78, 5) is 97.3. The second kappa shape index (κ2) is 18.0. The van der Waals surface area contributed by atoms with Gasteiger partial charge in [-0.15, -0.1) is 0 Å². The number of allylic oxidation sites excluding steroid dienone is 4. The van der Waals surface area contributed by atoms with E-state index in [2.05, 4.69) is 25.9 Å². The van der Waals surface area contributed by atoms with Gasteiger partial charge >= 0.3 is 11.7 Å². The first-order chi connectivity index (χ1) is 26.5. The van der Waals surface area contributed by atoms with Crippen LogP contribution in [0.25, 0.3) is 17.3 Å². The smallest absolute Gasteiger partial charge is 0.335 e. The molecule has 2 aromatic heterocycles. The van der Waals surface area contributed by atoms with Crippen molar-refractivity contribution >= 4 is 58.4 Å². The third-order valence-corrected chi connectivity index (χ3v) is 7.99. The Morgan fingerprint density at radius 1 is 0.818 bits per heavy atom. The van der Waals surface area contributed by atoms with Crippen molar-refractivity contribution in [1.82, 2.24) is 19.9 Å². The average molecular weight is 750 g/mol. The van der Waals surface area contributed by atoms with E-state index in [-0.39, 0.29) is 73.1 Å². The zero-order chi connectivity index (χ0) is 39.5. The van der Waals surface area contributed by atoms with Crippen LogP contribution in [0.4, 0.5) is 21.9 Å². The van der Waals surface area contributed by atoms with Gasteiger partial charge in [0.15, 0.2) is 0 Å². The van der Waals surface area contributed by atoms with Crippen molar-refractivity contribution in [3.63, 3.8) is 0 Å². The number of aliphatic hydroxyl groups excluding tert-OH is 2. The maximum absolute atomic E-state index is 13.7. The van der Waals surface area contributed by atoms with Crippen molar-refractivity contribution in [3.8, 4) is 11.6 Å². The number of aromatic amines is 1. The van der Waals surface area contributed by atoms with Crippen LogP contribution in [0, 0.1) is 0 Å². The molecular formula is C38H35N7O10. The lowest BCUT2D eigenvalue weighted by Crippen LogP contribution is -2.54. The number of hydrogen-bond acceptors (Lipinski definition) is 11. The highest BCUT2D eigenvalue weighted by atomic mass is 16.3. The van der Waals surface area contributed by atoms with E-state index in [1.807, 2.05) is 0 Å². The predicted molar refractivity (Wildman–Crippen MR) is 201 cm³/mol. The molecule has 1 fully saturated rings. The summed E-state index contributed by atoms with van der Waals surface area (Å²) in [5.74, 6) is -3.48. The Labute approximate surface area is 312 Å². The third-order valence-electron chi connectivity index (χ3n) is 7.99. The van der Waals surface area contributed by atoms with Gasteiger partial charge in [-0.2, -0.15) is 0 Å². The lowest BCUT2D eigenvalue weighted by atomic mass is 10.0. The van der Waals surface area contributed by atoms with E-state index < -0.39 is 46.5 Å². The van der Waals surface area contributed by atoms with Crippen molar-refractivity contribution in [2.24, 2.45) is 0 Å². The number of urea groups is 1. The number of anilines is 3. The zero-order valence-electron chi connectivity index (χ0n) is 29.0. The van der Waals surface area contributed by atoms with Gasteiger partial charge in [0, 0.05) is 49.8 Å². The van der Waals surface area contributed by atoms with Gasteiger partial charge in [-0.1, -0.05) is 24.3 Å². The molecule has 7 N–H and O–H groups in total. The summed E-state index contributed by atoms with van der Waals surface area (Å²) < 4.78 is 0.757. The van der Waals surface area contributed by atoms with Crippen LogP contribution in [0.15, 0.2) is 106 Å². The highest BCUT2D eigenvalue weighted by Gasteiger charge is 2.36. The van der Waals surface area contributed by atoms with Crippen LogP contribution in [0.3, 0.4) is 0 Å². The third kappa shape index (κ3) is 9.60. The van der Waals surface area contributed by atoms with Crippen molar-refractivity contribution in [2.75, 3.05) is 28.7 Å². The molecule has 0 spiro atoms. The second-order valence-electron chi connectivity index (χ2n) is 11.9. The topological polar surface area (TPSA) is 253 Å². The molecule has 0 bridgehead atoms. The highest BCUT2D eigenvalue weighted by molar-refractivity contribution is 6.37. The number of aromatic hydroxyl groups is 1. The molecule has 2 aromatic carbocycles. The lowest BCUT2D eigenvalue weighted by Gasteiger charge is -2.26. The number of barbiturate groups is 1. The number of imide groups is 2. The molecule has 4 aromatic rings. The number of aromatic nitrogens is 3. The van der Waals surface area contributed by atoms with Gasteiger partial charge in [0.25, 0.3) is 17.4 Å². The average Bonchev–Trinajstić information content (AvgIpc) is 3.15. The Hall–Kier alpha value is -7.24. The van der Waals surface area contributed by atoms with Crippen LogP contribution in [0.1, 0.15) is 36.8 Å². The summed E-state index contributed by atoms with van der Waals surface area (Å²) >= 11 is 0. The zero-order valence-corrected chi connectivity index (χ0v) is 29.0. The van der Waals surface area contributed by atoms with Crippen LogP contribution < -0.4 is 32.1 Å². The molecule has 1 aliphatic heterocycles. The molecule has 5 rings (SSSR count). The fourth-order valence-corrected chi connectivity index (χ4v) is 5.35. The molecule has 3 heterocycles. The number of rotatable bonds is 14. The number of carbonyl (C=O) groups is 5. The van der Waals surface area contributed by atoms with Gasteiger partial charge < -0.3 is 26.0 Å². The Bertz CT molecular complexity index is 2350. The van der Waals surface area contributed by atoms with Gasteiger partial charge in [-0.05, 0) is 84.7 Å². The quantitative estimate of drug-likeness (QED) is 0.0560. The molecule has 0 radical (unpaired) electrons. The maximum atomic E-state index is 13.7. The molecule has 17 nitrogen and oxygen atoms in total. The molecular weight excluding hydrogens is 714 g/mol. The van der Waals surface area contributed by atoms with Crippen LogP contribution in [-0.2, 0) is 19.2 Å². The van der Waals surface area contributed by atoms with Gasteiger partial charge in [0.1, 0.15) is 11.1 Å². The van der Waals surface area contributed by atoms with Gasteiger partial charge in [0.2, 0.25) is 17.7 Å². The summed E-state index contributed by atoms with van der Waals surface area (Å²) in [6.07, 6.45) is 8.68. The number of pyridine rings is 1. The standard InChI is InChI=1S/C38H35N7O10/c46-19-3-9-31(48)40-25-5-1-7-27(21-25)44-35(52)29(33(50)42-37(44)54)13-11-23(24-15-17-39-18-16-24)12-14-30-34(51)43-38(55)45(36(30)53)28-8-2-6-26(22-28)41-32(49)10-4-20-47/h1-2,5-8,11-18,21-22,46-47,50H,3-4,9-10,19-20H2,(H,40,48)(H,41,49)(H,42,54)(H,43,51,55). The molecule has 0 atom stereocenters. The first-order valence-electron chi connectivity index (χ1n) is 16.8. The fourth-order valence-electron chi connectivity index (χ4n) is 5.35.